The quantitative estimate of drug-likeness (QED) is 0.331. The Morgan fingerprint density at radius 3 is 2.72 bits per heavy atom. The highest BCUT2D eigenvalue weighted by atomic mass is 16.5. The predicted molar refractivity (Wildman–Crippen MR) is 64.2 cm³/mol. The molecule has 0 aliphatic rings. The summed E-state index contributed by atoms with van der Waals surface area (Å²) in [7, 11) is 1.32. The van der Waals surface area contributed by atoms with Crippen LogP contribution in [0, 0.1) is 0 Å². The summed E-state index contributed by atoms with van der Waals surface area (Å²) in [5.74, 6) is -0.829. The van der Waals surface area contributed by atoms with Gasteiger partial charge in [-0.3, -0.25) is 4.79 Å². The van der Waals surface area contributed by atoms with Crippen molar-refractivity contribution in [3.63, 3.8) is 0 Å². The molecule has 100 valence electrons. The summed E-state index contributed by atoms with van der Waals surface area (Å²) in [4.78, 5) is 10.8. The van der Waals surface area contributed by atoms with Crippen molar-refractivity contribution in [2.75, 3.05) is 20.2 Å². The lowest BCUT2D eigenvalue weighted by molar-refractivity contribution is -0.140. The van der Waals surface area contributed by atoms with Crippen LogP contribution in [0.2, 0.25) is 0 Å². The third-order valence-electron chi connectivity index (χ3n) is 2.46. The first kappa shape index (κ1) is 14.3. The Labute approximate surface area is 105 Å². The van der Waals surface area contributed by atoms with Gasteiger partial charge in [-0.2, -0.15) is 0 Å². The molecule has 1 aromatic rings. The van der Waals surface area contributed by atoms with E-state index in [2.05, 4.69) is 10.1 Å². The first-order chi connectivity index (χ1) is 8.54. The molecule has 0 radical (unpaired) electrons. The monoisotopic (exact) mass is 255 g/mol. The standard InChI is InChI=1S/C12H17NO5/c1-18-12(17)4-5-13-7-11(16)8-2-3-9(14)10(15)6-8/h2-3,6,11,13-16H,4-5,7H2,1H3. The third-order valence-corrected chi connectivity index (χ3v) is 2.46. The lowest BCUT2D eigenvalue weighted by Gasteiger charge is -2.12. The van der Waals surface area contributed by atoms with E-state index in [1.807, 2.05) is 0 Å². The Hall–Kier alpha value is -1.79. The molecule has 0 amide bonds. The van der Waals surface area contributed by atoms with E-state index < -0.39 is 6.10 Å². The molecular weight excluding hydrogens is 238 g/mol. The molecule has 0 spiro atoms. The average molecular weight is 255 g/mol. The van der Waals surface area contributed by atoms with Crippen LogP contribution in [0.1, 0.15) is 18.1 Å². The highest BCUT2D eigenvalue weighted by molar-refractivity contribution is 5.69. The van der Waals surface area contributed by atoms with Crippen LogP contribution in [0.4, 0.5) is 0 Å². The number of aromatic hydroxyl groups is 2. The lowest BCUT2D eigenvalue weighted by Crippen LogP contribution is -2.24. The Morgan fingerprint density at radius 2 is 2.11 bits per heavy atom. The number of aliphatic hydroxyl groups excluding tert-OH is 1. The minimum atomic E-state index is -0.825. The van der Waals surface area contributed by atoms with Crippen LogP contribution in [0.3, 0.4) is 0 Å². The van der Waals surface area contributed by atoms with Gasteiger partial charge in [0.05, 0.1) is 19.6 Å². The fourth-order valence-corrected chi connectivity index (χ4v) is 1.40. The molecule has 1 unspecified atom stereocenters. The summed E-state index contributed by atoms with van der Waals surface area (Å²) in [5, 5.41) is 31.1. The summed E-state index contributed by atoms with van der Waals surface area (Å²) in [5.41, 5.74) is 0.482. The Kier molecular flexibility index (Phi) is 5.41. The topological polar surface area (TPSA) is 99.0 Å². The molecule has 6 nitrogen and oxygen atoms in total. The van der Waals surface area contributed by atoms with Crippen molar-refractivity contribution in [2.45, 2.75) is 12.5 Å². The molecule has 0 aliphatic heterocycles. The maximum absolute atomic E-state index is 10.8. The van der Waals surface area contributed by atoms with E-state index in [0.717, 1.165) is 0 Å². The number of esters is 1. The Morgan fingerprint density at radius 1 is 1.39 bits per heavy atom. The van der Waals surface area contributed by atoms with E-state index in [1.165, 1.54) is 25.3 Å². The zero-order valence-electron chi connectivity index (χ0n) is 10.1. The van der Waals surface area contributed by atoms with Gasteiger partial charge < -0.3 is 25.4 Å². The van der Waals surface area contributed by atoms with E-state index in [0.29, 0.717) is 12.1 Å². The highest BCUT2D eigenvalue weighted by Crippen LogP contribution is 2.27. The zero-order chi connectivity index (χ0) is 13.5. The van der Waals surface area contributed by atoms with Crippen molar-refractivity contribution in [1.82, 2.24) is 5.32 Å². The summed E-state index contributed by atoms with van der Waals surface area (Å²) in [6.45, 7) is 0.634. The predicted octanol–water partition coefficient (Wildman–Crippen LogP) is 0.284. The molecule has 6 heteroatoms. The minimum Gasteiger partial charge on any atom is -0.504 e. The molecule has 0 aliphatic carbocycles. The second-order valence-electron chi connectivity index (χ2n) is 3.79. The molecular formula is C12H17NO5. The second-order valence-corrected chi connectivity index (χ2v) is 3.79. The molecule has 1 rings (SSSR count). The van der Waals surface area contributed by atoms with Gasteiger partial charge in [0.15, 0.2) is 11.5 Å². The summed E-state index contributed by atoms with van der Waals surface area (Å²) < 4.78 is 4.47. The SMILES string of the molecule is COC(=O)CCNCC(O)c1ccc(O)c(O)c1. The van der Waals surface area contributed by atoms with Crippen molar-refractivity contribution in [3.8, 4) is 11.5 Å². The molecule has 0 aromatic heterocycles. The summed E-state index contributed by atoms with van der Waals surface area (Å²) >= 11 is 0. The van der Waals surface area contributed by atoms with E-state index in [-0.39, 0.29) is 30.4 Å². The fourth-order valence-electron chi connectivity index (χ4n) is 1.40. The van der Waals surface area contributed by atoms with Crippen LogP contribution in [-0.2, 0) is 9.53 Å². The van der Waals surface area contributed by atoms with Gasteiger partial charge in [-0.25, -0.2) is 0 Å². The maximum Gasteiger partial charge on any atom is 0.306 e. The molecule has 4 N–H and O–H groups in total. The van der Waals surface area contributed by atoms with Crippen molar-refractivity contribution in [3.05, 3.63) is 23.8 Å². The summed E-state index contributed by atoms with van der Waals surface area (Å²) in [6, 6.07) is 4.12. The van der Waals surface area contributed by atoms with Gasteiger partial charge in [0.2, 0.25) is 0 Å². The first-order valence-electron chi connectivity index (χ1n) is 5.52. The maximum atomic E-state index is 10.8. The molecule has 0 saturated carbocycles. The van der Waals surface area contributed by atoms with Crippen LogP contribution in [0.25, 0.3) is 0 Å². The Bertz CT molecular complexity index is 407. The van der Waals surface area contributed by atoms with Crippen molar-refractivity contribution < 1.29 is 24.9 Å². The number of nitrogens with one attached hydrogen (secondary N) is 1. The van der Waals surface area contributed by atoms with Gasteiger partial charge in [0.1, 0.15) is 0 Å². The number of hydrogen-bond donors (Lipinski definition) is 4. The van der Waals surface area contributed by atoms with Crippen molar-refractivity contribution in [1.29, 1.82) is 0 Å². The molecule has 18 heavy (non-hydrogen) atoms. The van der Waals surface area contributed by atoms with Gasteiger partial charge >= 0.3 is 5.97 Å². The third kappa shape index (κ3) is 4.23. The van der Waals surface area contributed by atoms with Gasteiger partial charge in [-0.1, -0.05) is 6.07 Å². The van der Waals surface area contributed by atoms with Crippen LogP contribution >= 0.6 is 0 Å². The number of rotatable bonds is 6. The fraction of sp³-hybridized carbons (Fsp3) is 0.417. The van der Waals surface area contributed by atoms with Gasteiger partial charge in [-0.05, 0) is 17.7 Å². The number of hydrogen-bond acceptors (Lipinski definition) is 6. The van der Waals surface area contributed by atoms with Gasteiger partial charge in [0.25, 0.3) is 0 Å². The molecule has 1 aromatic carbocycles. The number of methoxy groups -OCH3 is 1. The number of carbonyl (C=O) groups excluding carboxylic acids is 1. The van der Waals surface area contributed by atoms with Crippen LogP contribution in [-0.4, -0.2) is 41.5 Å². The van der Waals surface area contributed by atoms with Crippen molar-refractivity contribution in [2.24, 2.45) is 0 Å². The van der Waals surface area contributed by atoms with E-state index in [9.17, 15) is 15.0 Å². The molecule has 0 saturated heterocycles. The molecule has 0 bridgehead atoms. The number of benzene rings is 1. The van der Waals surface area contributed by atoms with E-state index >= 15 is 0 Å². The largest absolute Gasteiger partial charge is 0.504 e. The number of phenolic OH excluding ortho intramolecular Hbond substituents is 2. The lowest BCUT2D eigenvalue weighted by atomic mass is 10.1. The molecule has 0 fully saturated rings. The van der Waals surface area contributed by atoms with Crippen LogP contribution in [0.15, 0.2) is 18.2 Å². The zero-order valence-corrected chi connectivity index (χ0v) is 10.1. The number of phenols is 2. The second kappa shape index (κ2) is 6.83. The average Bonchev–Trinajstić information content (AvgIpc) is 2.37. The minimum absolute atomic E-state index is 0.226. The number of carbonyl (C=O) groups is 1. The molecule has 1 atom stereocenters. The van der Waals surface area contributed by atoms with Gasteiger partial charge in [0, 0.05) is 13.1 Å². The normalized spacial score (nSPS) is 12.1. The number of aliphatic hydroxyl groups is 1. The summed E-state index contributed by atoms with van der Waals surface area (Å²) in [6.07, 6.45) is -0.599. The first-order valence-corrected chi connectivity index (χ1v) is 5.52. The smallest absolute Gasteiger partial charge is 0.306 e. The Balaban J connectivity index is 2.38. The van der Waals surface area contributed by atoms with Crippen LogP contribution in [0.5, 0.6) is 11.5 Å². The number of ether oxygens (including phenoxy) is 1. The van der Waals surface area contributed by atoms with E-state index in [4.69, 9.17) is 5.11 Å². The van der Waals surface area contributed by atoms with Crippen molar-refractivity contribution >= 4 is 5.97 Å². The van der Waals surface area contributed by atoms with Crippen LogP contribution < -0.4 is 5.32 Å². The van der Waals surface area contributed by atoms with E-state index in [1.54, 1.807) is 0 Å². The molecule has 0 heterocycles. The van der Waals surface area contributed by atoms with Gasteiger partial charge in [-0.15, -0.1) is 0 Å². The highest BCUT2D eigenvalue weighted by Gasteiger charge is 2.10.